The van der Waals surface area contributed by atoms with Gasteiger partial charge in [-0.2, -0.15) is 0 Å². The molecular formula is C21H27FN2O. The second-order valence-corrected chi connectivity index (χ2v) is 6.03. The number of anilines is 1. The van der Waals surface area contributed by atoms with Gasteiger partial charge in [0.05, 0.1) is 0 Å². The van der Waals surface area contributed by atoms with Crippen LogP contribution in [0.25, 0.3) is 0 Å². The second kappa shape index (κ2) is 9.82. The third-order valence-corrected chi connectivity index (χ3v) is 4.33. The van der Waals surface area contributed by atoms with Crippen LogP contribution in [0, 0.1) is 5.82 Å². The van der Waals surface area contributed by atoms with E-state index in [1.165, 1.54) is 17.2 Å². The smallest absolute Gasteiger partial charge is 0.221 e. The Balaban J connectivity index is 1.77. The summed E-state index contributed by atoms with van der Waals surface area (Å²) in [5, 5.41) is 6.27. The number of carbonyl (C=O) groups excluding carboxylic acids is 1. The van der Waals surface area contributed by atoms with Gasteiger partial charge in [0.25, 0.3) is 0 Å². The molecule has 0 aliphatic carbocycles. The van der Waals surface area contributed by atoms with Crippen molar-refractivity contribution < 1.29 is 9.18 Å². The fourth-order valence-corrected chi connectivity index (χ4v) is 2.90. The number of benzene rings is 2. The lowest BCUT2D eigenvalue weighted by Crippen LogP contribution is -2.27. The molecule has 0 saturated heterocycles. The van der Waals surface area contributed by atoms with Crippen LogP contribution in [-0.4, -0.2) is 19.0 Å². The Kier molecular flexibility index (Phi) is 7.45. The maximum atomic E-state index is 13.5. The lowest BCUT2D eigenvalue weighted by molar-refractivity contribution is -0.120. The van der Waals surface area contributed by atoms with Crippen LogP contribution in [0.2, 0.25) is 0 Å². The average Bonchev–Trinajstić information content (AvgIpc) is 2.63. The van der Waals surface area contributed by atoms with E-state index in [9.17, 15) is 9.18 Å². The van der Waals surface area contributed by atoms with Crippen molar-refractivity contribution in [3.8, 4) is 0 Å². The zero-order valence-corrected chi connectivity index (χ0v) is 15.1. The van der Waals surface area contributed by atoms with E-state index in [1.807, 2.05) is 0 Å². The van der Waals surface area contributed by atoms with Gasteiger partial charge in [-0.15, -0.1) is 0 Å². The number of hydrogen-bond donors (Lipinski definition) is 2. The number of hydrogen-bond acceptors (Lipinski definition) is 2. The van der Waals surface area contributed by atoms with Crippen molar-refractivity contribution >= 4 is 11.6 Å². The maximum absolute atomic E-state index is 13.5. The number of aryl methyl sites for hydroxylation is 2. The molecule has 0 radical (unpaired) electrons. The Bertz CT molecular complexity index is 678. The molecule has 3 nitrogen and oxygen atoms in total. The molecule has 0 aliphatic rings. The normalized spacial score (nSPS) is 10.5. The van der Waals surface area contributed by atoms with Crippen molar-refractivity contribution in [2.24, 2.45) is 0 Å². The van der Waals surface area contributed by atoms with Crippen LogP contribution in [0.5, 0.6) is 0 Å². The second-order valence-electron chi connectivity index (χ2n) is 6.03. The highest BCUT2D eigenvalue weighted by molar-refractivity contribution is 5.76. The lowest BCUT2D eigenvalue weighted by atomic mass is 10.0. The Labute approximate surface area is 149 Å². The number of nitrogens with one attached hydrogen (secondary N) is 2. The zero-order valence-electron chi connectivity index (χ0n) is 15.1. The first-order chi connectivity index (χ1) is 12.2. The summed E-state index contributed by atoms with van der Waals surface area (Å²) in [5.74, 6) is -0.238. The molecule has 2 N–H and O–H groups in total. The van der Waals surface area contributed by atoms with E-state index >= 15 is 0 Å². The number of halogens is 1. The highest BCUT2D eigenvalue weighted by Gasteiger charge is 2.07. The molecule has 0 spiro atoms. The van der Waals surface area contributed by atoms with E-state index in [4.69, 9.17) is 0 Å². The van der Waals surface area contributed by atoms with E-state index in [0.29, 0.717) is 31.5 Å². The third-order valence-electron chi connectivity index (χ3n) is 4.33. The first-order valence-electron chi connectivity index (χ1n) is 9.00. The molecule has 0 aliphatic heterocycles. The van der Waals surface area contributed by atoms with Crippen molar-refractivity contribution in [3.63, 3.8) is 0 Å². The molecule has 0 fully saturated rings. The monoisotopic (exact) mass is 342 g/mol. The zero-order chi connectivity index (χ0) is 18.1. The molecule has 0 aromatic heterocycles. The van der Waals surface area contributed by atoms with Crippen LogP contribution in [0.15, 0.2) is 42.5 Å². The molecule has 2 aromatic rings. The number of rotatable bonds is 9. The molecule has 0 saturated carbocycles. The highest BCUT2D eigenvalue weighted by atomic mass is 19.1. The van der Waals surface area contributed by atoms with Crippen molar-refractivity contribution in [2.45, 2.75) is 39.5 Å². The van der Waals surface area contributed by atoms with Crippen molar-refractivity contribution in [2.75, 3.05) is 18.4 Å². The molecule has 134 valence electrons. The van der Waals surface area contributed by atoms with Gasteiger partial charge in [0, 0.05) is 25.2 Å². The summed E-state index contributed by atoms with van der Waals surface area (Å²) in [6, 6.07) is 13.0. The van der Waals surface area contributed by atoms with Gasteiger partial charge in [-0.1, -0.05) is 50.2 Å². The predicted octanol–water partition coefficient (Wildman–Crippen LogP) is 4.11. The number of para-hydroxylation sites is 1. The summed E-state index contributed by atoms with van der Waals surface area (Å²) >= 11 is 0. The van der Waals surface area contributed by atoms with Gasteiger partial charge in [0.1, 0.15) is 5.82 Å². The highest BCUT2D eigenvalue weighted by Crippen LogP contribution is 2.22. The van der Waals surface area contributed by atoms with Crippen LogP contribution >= 0.6 is 0 Å². The molecule has 2 rings (SSSR count). The molecule has 0 bridgehead atoms. The van der Waals surface area contributed by atoms with Crippen molar-refractivity contribution in [3.05, 3.63) is 65.0 Å². The topological polar surface area (TPSA) is 41.1 Å². The number of carbonyl (C=O) groups is 1. The van der Waals surface area contributed by atoms with Gasteiger partial charge < -0.3 is 10.6 Å². The molecule has 0 atom stereocenters. The summed E-state index contributed by atoms with van der Waals surface area (Å²) in [4.78, 5) is 12.0. The standard InChI is InChI=1S/C21H27FN2O/c1-3-16-9-7-10-17(4-2)21(16)24-15-13-20(25)23-14-12-18-8-5-6-11-19(18)22/h5-11,24H,3-4,12-15H2,1-2H3,(H,23,25). The summed E-state index contributed by atoms with van der Waals surface area (Å²) in [6.45, 7) is 5.31. The average molecular weight is 342 g/mol. The summed E-state index contributed by atoms with van der Waals surface area (Å²) in [7, 11) is 0. The van der Waals surface area contributed by atoms with Gasteiger partial charge in [-0.3, -0.25) is 4.79 Å². The molecule has 0 unspecified atom stereocenters. The Morgan fingerprint density at radius 1 is 0.920 bits per heavy atom. The van der Waals surface area contributed by atoms with Crippen LogP contribution in [0.4, 0.5) is 10.1 Å². The summed E-state index contributed by atoms with van der Waals surface area (Å²) in [6.07, 6.45) is 2.83. The Morgan fingerprint density at radius 3 is 2.20 bits per heavy atom. The largest absolute Gasteiger partial charge is 0.384 e. The molecule has 2 aromatic carbocycles. The summed E-state index contributed by atoms with van der Waals surface area (Å²) < 4.78 is 13.5. The van der Waals surface area contributed by atoms with E-state index < -0.39 is 0 Å². The minimum Gasteiger partial charge on any atom is -0.384 e. The minimum absolute atomic E-state index is 0.0177. The first-order valence-corrected chi connectivity index (χ1v) is 9.00. The molecule has 25 heavy (non-hydrogen) atoms. The predicted molar refractivity (Wildman–Crippen MR) is 101 cm³/mol. The molecule has 0 heterocycles. The first kappa shape index (κ1) is 19.0. The van der Waals surface area contributed by atoms with Crippen LogP contribution in [-0.2, 0) is 24.1 Å². The fraction of sp³-hybridized carbons (Fsp3) is 0.381. The van der Waals surface area contributed by atoms with E-state index in [2.05, 4.69) is 42.7 Å². The van der Waals surface area contributed by atoms with Gasteiger partial charge in [0.15, 0.2) is 0 Å². The maximum Gasteiger partial charge on any atom is 0.221 e. The van der Waals surface area contributed by atoms with Crippen LogP contribution < -0.4 is 10.6 Å². The quantitative estimate of drug-likeness (QED) is 0.720. The van der Waals surface area contributed by atoms with Gasteiger partial charge in [-0.25, -0.2) is 4.39 Å². The van der Waals surface area contributed by atoms with Crippen molar-refractivity contribution in [1.82, 2.24) is 5.32 Å². The summed E-state index contributed by atoms with van der Waals surface area (Å²) in [5.41, 5.74) is 4.34. The SMILES string of the molecule is CCc1cccc(CC)c1NCCC(=O)NCCc1ccccc1F. The van der Waals surface area contributed by atoms with Crippen LogP contribution in [0.3, 0.4) is 0 Å². The molecule has 1 amide bonds. The number of amides is 1. The third kappa shape index (κ3) is 5.59. The molecule has 4 heteroatoms. The van der Waals surface area contributed by atoms with Gasteiger partial charge in [-0.05, 0) is 42.0 Å². The lowest BCUT2D eigenvalue weighted by Gasteiger charge is -2.15. The van der Waals surface area contributed by atoms with E-state index in [1.54, 1.807) is 18.2 Å². The van der Waals surface area contributed by atoms with Crippen LogP contribution in [0.1, 0.15) is 37.0 Å². The minimum atomic E-state index is -0.221. The van der Waals surface area contributed by atoms with Gasteiger partial charge >= 0.3 is 0 Å². The van der Waals surface area contributed by atoms with Gasteiger partial charge in [0.2, 0.25) is 5.91 Å². The Hall–Kier alpha value is -2.36. The van der Waals surface area contributed by atoms with Crippen molar-refractivity contribution in [1.29, 1.82) is 0 Å². The van der Waals surface area contributed by atoms with E-state index in [-0.39, 0.29) is 11.7 Å². The van der Waals surface area contributed by atoms with E-state index in [0.717, 1.165) is 18.5 Å². The molecular weight excluding hydrogens is 315 g/mol. The fourth-order valence-electron chi connectivity index (χ4n) is 2.90. The Morgan fingerprint density at radius 2 is 1.56 bits per heavy atom.